The summed E-state index contributed by atoms with van der Waals surface area (Å²) in [6.07, 6.45) is 10.1. The first-order valence-electron chi connectivity index (χ1n) is 7.07. The van der Waals surface area contributed by atoms with Crippen molar-refractivity contribution in [3.63, 3.8) is 0 Å². The van der Waals surface area contributed by atoms with Gasteiger partial charge in [-0.3, -0.25) is 0 Å². The second-order valence-electron chi connectivity index (χ2n) is 5.26. The summed E-state index contributed by atoms with van der Waals surface area (Å²) in [4.78, 5) is 4.63. The molecule has 0 aliphatic heterocycles. The van der Waals surface area contributed by atoms with Crippen LogP contribution in [0.1, 0.15) is 69.4 Å². The molecule has 96 valence electrons. The number of aryl methyl sites for hydroxylation is 2. The van der Waals surface area contributed by atoms with Crippen LogP contribution >= 0.6 is 0 Å². The fraction of sp³-hybridized carbons (Fsp3) is 0.786. The number of nitrogens with two attached hydrogens (primary N) is 1. The zero-order chi connectivity index (χ0) is 12.3. The third kappa shape index (κ3) is 3.02. The number of rotatable bonds is 7. The average molecular weight is 235 g/mol. The van der Waals surface area contributed by atoms with E-state index < -0.39 is 0 Å². The van der Waals surface area contributed by atoms with Gasteiger partial charge in [-0.1, -0.05) is 32.6 Å². The van der Waals surface area contributed by atoms with E-state index in [2.05, 4.69) is 23.4 Å². The van der Waals surface area contributed by atoms with Crippen molar-refractivity contribution < 1.29 is 0 Å². The van der Waals surface area contributed by atoms with Gasteiger partial charge < -0.3 is 10.3 Å². The molecule has 1 aliphatic carbocycles. The normalized spacial score (nSPS) is 15.4. The van der Waals surface area contributed by atoms with Gasteiger partial charge in [0.2, 0.25) is 0 Å². The molecule has 1 aliphatic rings. The van der Waals surface area contributed by atoms with Crippen LogP contribution in [0.3, 0.4) is 0 Å². The van der Waals surface area contributed by atoms with Gasteiger partial charge in [-0.15, -0.1) is 0 Å². The third-order valence-corrected chi connectivity index (χ3v) is 3.63. The Balaban J connectivity index is 1.86. The summed E-state index contributed by atoms with van der Waals surface area (Å²) in [7, 11) is 0. The van der Waals surface area contributed by atoms with E-state index in [1.165, 1.54) is 44.9 Å². The van der Waals surface area contributed by atoms with Crippen LogP contribution in [0, 0.1) is 6.92 Å². The molecule has 3 nitrogen and oxygen atoms in total. The van der Waals surface area contributed by atoms with Gasteiger partial charge in [0.1, 0.15) is 11.6 Å². The molecule has 17 heavy (non-hydrogen) atoms. The van der Waals surface area contributed by atoms with Crippen LogP contribution < -0.4 is 5.73 Å². The number of hydrogen-bond acceptors (Lipinski definition) is 2. The highest BCUT2D eigenvalue weighted by Crippen LogP contribution is 2.38. The standard InChI is InChI=1S/C14H25N3/c1-3-4-5-6-7-8-13-14(15)17(11(2)16-13)12-9-10-12/h12H,3-10,15H2,1-2H3. The van der Waals surface area contributed by atoms with Crippen LogP contribution in [0.2, 0.25) is 0 Å². The lowest BCUT2D eigenvalue weighted by molar-refractivity contribution is 0.629. The van der Waals surface area contributed by atoms with Crippen LogP contribution in [0.5, 0.6) is 0 Å². The summed E-state index contributed by atoms with van der Waals surface area (Å²) in [6, 6.07) is 0.649. The monoisotopic (exact) mass is 235 g/mol. The Kier molecular flexibility index (Phi) is 4.08. The second kappa shape index (κ2) is 5.56. The Morgan fingerprint density at radius 1 is 1.24 bits per heavy atom. The molecule has 0 atom stereocenters. The molecule has 3 heteroatoms. The highest BCUT2D eigenvalue weighted by molar-refractivity contribution is 5.39. The van der Waals surface area contributed by atoms with Crippen molar-refractivity contribution in [3.8, 4) is 0 Å². The molecule has 1 heterocycles. The molecule has 1 aromatic rings. The van der Waals surface area contributed by atoms with E-state index in [9.17, 15) is 0 Å². The van der Waals surface area contributed by atoms with Crippen LogP contribution in [-0.4, -0.2) is 9.55 Å². The Hall–Kier alpha value is -0.990. The second-order valence-corrected chi connectivity index (χ2v) is 5.26. The number of aromatic nitrogens is 2. The molecule has 0 spiro atoms. The molecule has 2 N–H and O–H groups in total. The van der Waals surface area contributed by atoms with E-state index in [4.69, 9.17) is 5.73 Å². The predicted octanol–water partition coefficient (Wildman–Crippen LogP) is 3.62. The van der Waals surface area contributed by atoms with E-state index in [-0.39, 0.29) is 0 Å². The first-order valence-corrected chi connectivity index (χ1v) is 7.07. The van der Waals surface area contributed by atoms with Gasteiger partial charge in [0, 0.05) is 6.04 Å². The maximum absolute atomic E-state index is 6.19. The highest BCUT2D eigenvalue weighted by atomic mass is 15.2. The molecule has 0 amide bonds. The van der Waals surface area contributed by atoms with Crippen molar-refractivity contribution in [3.05, 3.63) is 11.5 Å². The molecular weight excluding hydrogens is 210 g/mol. The van der Waals surface area contributed by atoms with Crippen LogP contribution in [0.25, 0.3) is 0 Å². The Bertz CT molecular complexity index is 364. The van der Waals surface area contributed by atoms with Gasteiger partial charge in [-0.25, -0.2) is 4.98 Å². The van der Waals surface area contributed by atoms with Gasteiger partial charge in [-0.05, 0) is 32.6 Å². The lowest BCUT2D eigenvalue weighted by Crippen LogP contribution is -2.03. The topological polar surface area (TPSA) is 43.8 Å². The number of anilines is 1. The van der Waals surface area contributed by atoms with Crippen LogP contribution in [0.15, 0.2) is 0 Å². The first kappa shape index (κ1) is 12.5. The number of nitrogens with zero attached hydrogens (tertiary/aromatic N) is 2. The molecule has 2 rings (SSSR count). The molecule has 1 saturated carbocycles. The number of imidazole rings is 1. The fourth-order valence-electron chi connectivity index (χ4n) is 2.49. The SMILES string of the molecule is CCCCCCCc1nc(C)n(C2CC2)c1N. The molecule has 0 unspecified atom stereocenters. The summed E-state index contributed by atoms with van der Waals surface area (Å²) in [5.41, 5.74) is 7.32. The van der Waals surface area contributed by atoms with Crippen molar-refractivity contribution in [2.75, 3.05) is 5.73 Å². The minimum Gasteiger partial charge on any atom is -0.384 e. The highest BCUT2D eigenvalue weighted by Gasteiger charge is 2.28. The molecular formula is C14H25N3. The fourth-order valence-corrected chi connectivity index (χ4v) is 2.49. The van der Waals surface area contributed by atoms with Gasteiger partial charge >= 0.3 is 0 Å². The minimum atomic E-state index is 0.649. The van der Waals surface area contributed by atoms with Crippen molar-refractivity contribution >= 4 is 5.82 Å². The van der Waals surface area contributed by atoms with E-state index in [0.29, 0.717) is 6.04 Å². The Labute approximate surface area is 104 Å². The van der Waals surface area contributed by atoms with Crippen LogP contribution in [-0.2, 0) is 6.42 Å². The number of hydrogen-bond donors (Lipinski definition) is 1. The first-order chi connectivity index (χ1) is 8.24. The molecule has 0 saturated heterocycles. The van der Waals surface area contributed by atoms with Gasteiger partial charge in [0.05, 0.1) is 5.69 Å². The molecule has 0 bridgehead atoms. The van der Waals surface area contributed by atoms with Crippen molar-refractivity contribution in [1.82, 2.24) is 9.55 Å². The van der Waals surface area contributed by atoms with E-state index in [1.54, 1.807) is 0 Å². The quantitative estimate of drug-likeness (QED) is 0.733. The molecule has 1 aromatic heterocycles. The Morgan fingerprint density at radius 2 is 1.94 bits per heavy atom. The van der Waals surface area contributed by atoms with Gasteiger partial charge in [0.15, 0.2) is 0 Å². The molecule has 1 fully saturated rings. The van der Waals surface area contributed by atoms with Gasteiger partial charge in [-0.2, -0.15) is 0 Å². The summed E-state index contributed by atoms with van der Waals surface area (Å²) in [5.74, 6) is 2.04. The predicted molar refractivity (Wildman–Crippen MR) is 72.1 cm³/mol. The minimum absolute atomic E-state index is 0.649. The van der Waals surface area contributed by atoms with Crippen LogP contribution in [0.4, 0.5) is 5.82 Å². The number of unbranched alkanes of at least 4 members (excludes halogenated alkanes) is 4. The van der Waals surface area contributed by atoms with Crippen molar-refractivity contribution in [2.24, 2.45) is 0 Å². The smallest absolute Gasteiger partial charge is 0.127 e. The van der Waals surface area contributed by atoms with E-state index >= 15 is 0 Å². The van der Waals surface area contributed by atoms with Crippen molar-refractivity contribution in [2.45, 2.75) is 71.3 Å². The zero-order valence-corrected chi connectivity index (χ0v) is 11.2. The van der Waals surface area contributed by atoms with Crippen molar-refractivity contribution in [1.29, 1.82) is 0 Å². The summed E-state index contributed by atoms with van der Waals surface area (Å²) in [6.45, 7) is 4.33. The third-order valence-electron chi connectivity index (χ3n) is 3.63. The molecule has 0 aromatic carbocycles. The lowest BCUT2D eigenvalue weighted by Gasteiger charge is -2.05. The van der Waals surface area contributed by atoms with E-state index in [0.717, 1.165) is 23.8 Å². The van der Waals surface area contributed by atoms with Gasteiger partial charge in [0.25, 0.3) is 0 Å². The van der Waals surface area contributed by atoms with E-state index in [1.807, 2.05) is 0 Å². The summed E-state index contributed by atoms with van der Waals surface area (Å²) < 4.78 is 2.24. The summed E-state index contributed by atoms with van der Waals surface area (Å²) >= 11 is 0. The maximum Gasteiger partial charge on any atom is 0.127 e. The Morgan fingerprint density at radius 3 is 2.59 bits per heavy atom. The number of nitrogen functional groups attached to an aromatic ring is 1. The average Bonchev–Trinajstić information content (AvgIpc) is 3.08. The zero-order valence-electron chi connectivity index (χ0n) is 11.2. The lowest BCUT2D eigenvalue weighted by atomic mass is 10.1. The molecule has 0 radical (unpaired) electrons. The summed E-state index contributed by atoms with van der Waals surface area (Å²) in [5, 5.41) is 0. The largest absolute Gasteiger partial charge is 0.384 e. The maximum atomic E-state index is 6.19.